The Morgan fingerprint density at radius 1 is 1.22 bits per heavy atom. The maximum Gasteiger partial charge on any atom is 0.338 e. The molecule has 0 bridgehead atoms. The molecule has 0 aliphatic heterocycles. The number of nitro groups is 1. The van der Waals surface area contributed by atoms with Crippen LogP contribution in [0.25, 0.3) is 0 Å². The summed E-state index contributed by atoms with van der Waals surface area (Å²) >= 11 is 11.8. The Labute approximate surface area is 141 Å². The number of ether oxygens (including phenoxy) is 2. The smallest absolute Gasteiger partial charge is 0.338 e. The minimum Gasteiger partial charge on any atom is -0.482 e. The Hall–Kier alpha value is -2.31. The highest BCUT2D eigenvalue weighted by Crippen LogP contribution is 2.30. The van der Waals surface area contributed by atoms with Crippen LogP contribution in [0.2, 0.25) is 10.0 Å². The van der Waals surface area contributed by atoms with Crippen molar-refractivity contribution < 1.29 is 19.2 Å². The van der Waals surface area contributed by atoms with Gasteiger partial charge in [0, 0.05) is 21.7 Å². The molecule has 2 aromatic carbocycles. The summed E-state index contributed by atoms with van der Waals surface area (Å²) < 4.78 is 9.99. The highest BCUT2D eigenvalue weighted by molar-refractivity contribution is 6.35. The summed E-state index contributed by atoms with van der Waals surface area (Å²) in [5, 5.41) is 12.0. The molecule has 0 amide bonds. The van der Waals surface area contributed by atoms with Gasteiger partial charge in [0.05, 0.1) is 17.6 Å². The van der Waals surface area contributed by atoms with E-state index in [1.165, 1.54) is 19.2 Å². The zero-order valence-electron chi connectivity index (χ0n) is 11.9. The molecule has 0 N–H and O–H groups in total. The van der Waals surface area contributed by atoms with Crippen LogP contribution in [-0.4, -0.2) is 18.0 Å². The van der Waals surface area contributed by atoms with E-state index in [9.17, 15) is 14.9 Å². The van der Waals surface area contributed by atoms with Crippen LogP contribution in [0.15, 0.2) is 36.4 Å². The molecule has 0 spiro atoms. The molecular weight excluding hydrogens is 345 g/mol. The fraction of sp³-hybridized carbons (Fsp3) is 0.133. The molecule has 0 atom stereocenters. The molecule has 6 nitrogen and oxygen atoms in total. The van der Waals surface area contributed by atoms with E-state index >= 15 is 0 Å². The van der Waals surface area contributed by atoms with Crippen LogP contribution in [0.4, 0.5) is 5.69 Å². The van der Waals surface area contributed by atoms with Gasteiger partial charge in [-0.05, 0) is 24.3 Å². The number of nitrogens with zero attached hydrogens (tertiary/aromatic N) is 1. The van der Waals surface area contributed by atoms with Crippen LogP contribution in [0.3, 0.4) is 0 Å². The van der Waals surface area contributed by atoms with E-state index in [2.05, 4.69) is 4.74 Å². The van der Waals surface area contributed by atoms with Gasteiger partial charge in [0.15, 0.2) is 5.75 Å². The number of benzene rings is 2. The van der Waals surface area contributed by atoms with E-state index in [1.54, 1.807) is 18.2 Å². The van der Waals surface area contributed by atoms with Gasteiger partial charge in [-0.2, -0.15) is 0 Å². The lowest BCUT2D eigenvalue weighted by Gasteiger charge is -2.09. The van der Waals surface area contributed by atoms with Crippen LogP contribution in [-0.2, 0) is 11.3 Å². The van der Waals surface area contributed by atoms with E-state index in [1.807, 2.05) is 0 Å². The number of carbonyl (C=O) groups is 1. The fourth-order valence-electron chi connectivity index (χ4n) is 1.82. The first kappa shape index (κ1) is 17.1. The minimum absolute atomic E-state index is 0.0219. The van der Waals surface area contributed by atoms with Crippen LogP contribution >= 0.6 is 23.2 Å². The van der Waals surface area contributed by atoms with Crippen LogP contribution in [0, 0.1) is 10.1 Å². The predicted molar refractivity (Wildman–Crippen MR) is 85.2 cm³/mol. The summed E-state index contributed by atoms with van der Waals surface area (Å²) in [5.74, 6) is -0.644. The molecule has 2 rings (SSSR count). The summed E-state index contributed by atoms with van der Waals surface area (Å²) in [4.78, 5) is 21.9. The van der Waals surface area contributed by atoms with Crippen molar-refractivity contribution in [2.24, 2.45) is 0 Å². The first-order valence-electron chi connectivity index (χ1n) is 6.36. The van der Waals surface area contributed by atoms with Gasteiger partial charge >= 0.3 is 11.7 Å². The summed E-state index contributed by atoms with van der Waals surface area (Å²) in [6.45, 7) is 0.0222. The second-order valence-electron chi connectivity index (χ2n) is 4.46. The summed E-state index contributed by atoms with van der Waals surface area (Å²) in [6.07, 6.45) is 0. The van der Waals surface area contributed by atoms with Crippen LogP contribution < -0.4 is 4.74 Å². The molecule has 0 aliphatic rings. The van der Waals surface area contributed by atoms with Gasteiger partial charge in [-0.15, -0.1) is 0 Å². The van der Waals surface area contributed by atoms with Crippen molar-refractivity contribution in [3.63, 3.8) is 0 Å². The molecule has 8 heteroatoms. The summed E-state index contributed by atoms with van der Waals surface area (Å²) in [5.41, 5.74) is 0.358. The normalized spacial score (nSPS) is 10.2. The van der Waals surface area contributed by atoms with Crippen molar-refractivity contribution in [3.05, 3.63) is 67.7 Å². The zero-order chi connectivity index (χ0) is 17.0. The molecule has 0 heterocycles. The van der Waals surface area contributed by atoms with Gasteiger partial charge in [0.25, 0.3) is 0 Å². The molecule has 0 aliphatic carbocycles. The number of rotatable bonds is 5. The molecule has 0 unspecified atom stereocenters. The number of halogens is 2. The Bertz CT molecular complexity index is 764. The van der Waals surface area contributed by atoms with Crippen LogP contribution in [0.1, 0.15) is 15.9 Å². The van der Waals surface area contributed by atoms with Crippen LogP contribution in [0.5, 0.6) is 5.75 Å². The largest absolute Gasteiger partial charge is 0.482 e. The Morgan fingerprint density at radius 2 is 1.96 bits per heavy atom. The van der Waals surface area contributed by atoms with E-state index in [0.29, 0.717) is 15.6 Å². The maximum absolute atomic E-state index is 11.4. The van der Waals surface area contributed by atoms with E-state index in [-0.39, 0.29) is 23.6 Å². The Balaban J connectivity index is 2.25. The average Bonchev–Trinajstić information content (AvgIpc) is 2.53. The highest BCUT2D eigenvalue weighted by Gasteiger charge is 2.19. The molecule has 0 aromatic heterocycles. The minimum atomic E-state index is -0.666. The number of methoxy groups -OCH3 is 1. The fourth-order valence-corrected chi connectivity index (χ4v) is 2.28. The quantitative estimate of drug-likeness (QED) is 0.454. The van der Waals surface area contributed by atoms with E-state index < -0.39 is 10.9 Å². The lowest BCUT2D eigenvalue weighted by atomic mass is 10.2. The number of carbonyl (C=O) groups excluding carboxylic acids is 1. The molecular formula is C15H11Cl2NO5. The van der Waals surface area contributed by atoms with Crippen molar-refractivity contribution >= 4 is 34.9 Å². The lowest BCUT2D eigenvalue weighted by Crippen LogP contribution is -2.04. The van der Waals surface area contributed by atoms with Gasteiger partial charge in [0.1, 0.15) is 6.61 Å². The van der Waals surface area contributed by atoms with Gasteiger partial charge < -0.3 is 9.47 Å². The van der Waals surface area contributed by atoms with Crippen molar-refractivity contribution in [2.75, 3.05) is 7.11 Å². The first-order valence-corrected chi connectivity index (χ1v) is 7.11. The van der Waals surface area contributed by atoms with Gasteiger partial charge in [0.2, 0.25) is 0 Å². The van der Waals surface area contributed by atoms with Crippen molar-refractivity contribution in [2.45, 2.75) is 6.61 Å². The molecule has 0 saturated carbocycles. The van der Waals surface area contributed by atoms with Crippen molar-refractivity contribution in [1.82, 2.24) is 0 Å². The third-order valence-corrected chi connectivity index (χ3v) is 3.56. The highest BCUT2D eigenvalue weighted by atomic mass is 35.5. The van der Waals surface area contributed by atoms with Gasteiger partial charge in [-0.3, -0.25) is 10.1 Å². The topological polar surface area (TPSA) is 78.7 Å². The second-order valence-corrected chi connectivity index (χ2v) is 5.30. The Kier molecular flexibility index (Phi) is 5.41. The third-order valence-electron chi connectivity index (χ3n) is 2.98. The third kappa shape index (κ3) is 4.12. The summed E-state index contributed by atoms with van der Waals surface area (Å²) in [6, 6.07) is 8.69. The second kappa shape index (κ2) is 7.30. The molecule has 23 heavy (non-hydrogen) atoms. The molecule has 0 fully saturated rings. The lowest BCUT2D eigenvalue weighted by molar-refractivity contribution is -0.386. The maximum atomic E-state index is 11.4. The monoisotopic (exact) mass is 355 g/mol. The molecule has 2 aromatic rings. The number of nitro benzene ring substituents is 1. The SMILES string of the molecule is COC(=O)c1ccc(OCc2ccc(Cl)cc2Cl)c([N+](=O)[O-])c1. The van der Waals surface area contributed by atoms with E-state index in [4.69, 9.17) is 27.9 Å². The summed E-state index contributed by atoms with van der Waals surface area (Å²) in [7, 11) is 1.20. The molecule has 0 radical (unpaired) electrons. The average molecular weight is 356 g/mol. The van der Waals surface area contributed by atoms with Gasteiger partial charge in [-0.25, -0.2) is 4.79 Å². The molecule has 0 saturated heterocycles. The Morgan fingerprint density at radius 3 is 2.57 bits per heavy atom. The van der Waals surface area contributed by atoms with Gasteiger partial charge in [-0.1, -0.05) is 29.3 Å². The standard InChI is InChI=1S/C15H11Cl2NO5/c1-22-15(19)9-3-5-14(13(6-9)18(20)21)23-8-10-2-4-11(16)7-12(10)17/h2-7H,8H2,1H3. The number of hydrogen-bond acceptors (Lipinski definition) is 5. The van der Waals surface area contributed by atoms with Crippen molar-refractivity contribution in [1.29, 1.82) is 0 Å². The number of hydrogen-bond donors (Lipinski definition) is 0. The first-order chi connectivity index (χ1) is 10.9. The molecule has 120 valence electrons. The zero-order valence-corrected chi connectivity index (χ0v) is 13.4. The van der Waals surface area contributed by atoms with Crippen molar-refractivity contribution in [3.8, 4) is 5.75 Å². The predicted octanol–water partition coefficient (Wildman–Crippen LogP) is 4.27. The van der Waals surface area contributed by atoms with E-state index in [0.717, 1.165) is 6.07 Å². The number of esters is 1.